The molecular formula is C40H52N4. The average Bonchev–Trinajstić information content (AvgIpc) is 3.08. The van der Waals surface area contributed by atoms with E-state index in [-0.39, 0.29) is 0 Å². The van der Waals surface area contributed by atoms with Gasteiger partial charge in [0.15, 0.2) is 0 Å². The number of piperazine rings is 1. The zero-order chi connectivity index (χ0) is 30.6. The summed E-state index contributed by atoms with van der Waals surface area (Å²) in [4.78, 5) is 9.01. The fourth-order valence-electron chi connectivity index (χ4n) is 6.77. The van der Waals surface area contributed by atoms with Crippen LogP contribution in [-0.4, -0.2) is 43.1 Å². The van der Waals surface area contributed by atoms with Crippen molar-refractivity contribution in [2.75, 3.05) is 38.1 Å². The van der Waals surface area contributed by atoms with Crippen LogP contribution in [0.1, 0.15) is 91.5 Å². The van der Waals surface area contributed by atoms with Crippen molar-refractivity contribution < 1.29 is 0 Å². The molecule has 0 spiro atoms. The minimum Gasteiger partial charge on any atom is -0.370 e. The second kappa shape index (κ2) is 16.6. The number of hydrogen-bond donors (Lipinski definition) is 1. The van der Waals surface area contributed by atoms with Gasteiger partial charge in [0.05, 0.1) is 0 Å². The summed E-state index contributed by atoms with van der Waals surface area (Å²) in [6, 6.07) is 34.2. The second-order valence-electron chi connectivity index (χ2n) is 12.8. The highest BCUT2D eigenvalue weighted by Gasteiger charge is 2.18. The number of nitrogens with zero attached hydrogens (tertiary/aromatic N) is 3. The quantitative estimate of drug-likeness (QED) is 0.150. The Morgan fingerprint density at radius 3 is 1.98 bits per heavy atom. The molecule has 1 N–H and O–H groups in total. The Bertz CT molecular complexity index is 1350. The van der Waals surface area contributed by atoms with Gasteiger partial charge in [-0.25, -0.2) is 0 Å². The molecule has 5 rings (SSSR count). The zero-order valence-corrected chi connectivity index (χ0v) is 27.2. The summed E-state index contributed by atoms with van der Waals surface area (Å²) in [6.07, 6.45) is 9.78. The predicted octanol–water partition coefficient (Wildman–Crippen LogP) is 8.76. The number of nitrogens with one attached hydrogen (secondary N) is 1. The third-order valence-electron chi connectivity index (χ3n) is 9.71. The number of aromatic nitrogens is 1. The molecule has 4 nitrogen and oxygen atoms in total. The maximum Gasteiger partial charge on any atom is 0.0426 e. The molecular weight excluding hydrogens is 536 g/mol. The van der Waals surface area contributed by atoms with Crippen LogP contribution in [0.15, 0.2) is 103 Å². The van der Waals surface area contributed by atoms with Crippen molar-refractivity contribution in [3.05, 3.63) is 131 Å². The fraction of sp³-hybridized carbons (Fsp3) is 0.425. The fourth-order valence-corrected chi connectivity index (χ4v) is 6.77. The summed E-state index contributed by atoms with van der Waals surface area (Å²) < 4.78 is 0. The first-order valence-electron chi connectivity index (χ1n) is 16.9. The van der Waals surface area contributed by atoms with Gasteiger partial charge >= 0.3 is 0 Å². The minimum absolute atomic E-state index is 0.551. The van der Waals surface area contributed by atoms with Gasteiger partial charge in [-0.05, 0) is 89.8 Å². The molecule has 1 aromatic heterocycles. The predicted molar refractivity (Wildman–Crippen MR) is 186 cm³/mol. The molecule has 44 heavy (non-hydrogen) atoms. The molecule has 232 valence electrons. The zero-order valence-electron chi connectivity index (χ0n) is 27.2. The summed E-state index contributed by atoms with van der Waals surface area (Å²) in [5.74, 6) is 1.73. The average molecular weight is 589 g/mol. The lowest BCUT2D eigenvalue weighted by molar-refractivity contribution is 0.233. The molecule has 2 heterocycles. The molecule has 4 aromatic rings. The van der Waals surface area contributed by atoms with Gasteiger partial charge in [0, 0.05) is 64.4 Å². The molecule has 3 atom stereocenters. The summed E-state index contributed by atoms with van der Waals surface area (Å²) in [5, 5.41) is 3.46. The van der Waals surface area contributed by atoms with E-state index in [0.717, 1.165) is 39.3 Å². The molecule has 0 saturated carbocycles. The summed E-state index contributed by atoms with van der Waals surface area (Å²) in [5.41, 5.74) is 8.41. The third-order valence-corrected chi connectivity index (χ3v) is 9.71. The third kappa shape index (κ3) is 9.27. The van der Waals surface area contributed by atoms with Crippen molar-refractivity contribution in [3.8, 4) is 0 Å². The molecule has 4 heteroatoms. The van der Waals surface area contributed by atoms with Crippen LogP contribution in [0, 0.1) is 0 Å². The van der Waals surface area contributed by atoms with Crippen LogP contribution in [0.5, 0.6) is 0 Å². The normalized spacial score (nSPS) is 15.9. The highest BCUT2D eigenvalue weighted by Crippen LogP contribution is 2.35. The molecule has 1 aliphatic heterocycles. The second-order valence-corrected chi connectivity index (χ2v) is 12.8. The van der Waals surface area contributed by atoms with E-state index >= 15 is 0 Å². The van der Waals surface area contributed by atoms with Gasteiger partial charge < -0.3 is 10.2 Å². The van der Waals surface area contributed by atoms with E-state index in [1.54, 1.807) is 0 Å². The Morgan fingerprint density at radius 2 is 1.30 bits per heavy atom. The lowest BCUT2D eigenvalue weighted by atomic mass is 9.82. The van der Waals surface area contributed by atoms with Crippen LogP contribution in [0.2, 0.25) is 0 Å². The monoisotopic (exact) mass is 588 g/mol. The number of pyridine rings is 1. The van der Waals surface area contributed by atoms with Crippen LogP contribution in [-0.2, 0) is 13.1 Å². The van der Waals surface area contributed by atoms with E-state index < -0.39 is 0 Å². The Balaban J connectivity index is 1.23. The van der Waals surface area contributed by atoms with Crippen molar-refractivity contribution in [1.82, 2.24) is 15.2 Å². The lowest BCUT2D eigenvalue weighted by Gasteiger charge is -2.27. The van der Waals surface area contributed by atoms with Gasteiger partial charge in [-0.3, -0.25) is 9.88 Å². The highest BCUT2D eigenvalue weighted by molar-refractivity contribution is 5.44. The van der Waals surface area contributed by atoms with Crippen molar-refractivity contribution in [1.29, 1.82) is 0 Å². The summed E-state index contributed by atoms with van der Waals surface area (Å²) in [6.45, 7) is 11.2. The van der Waals surface area contributed by atoms with Crippen molar-refractivity contribution in [3.63, 3.8) is 0 Å². The van der Waals surface area contributed by atoms with Gasteiger partial charge in [-0.15, -0.1) is 0 Å². The Labute approximate surface area is 266 Å². The summed E-state index contributed by atoms with van der Waals surface area (Å²) in [7, 11) is 2.15. The van der Waals surface area contributed by atoms with E-state index in [1.165, 1.54) is 65.6 Å². The first-order chi connectivity index (χ1) is 21.6. The van der Waals surface area contributed by atoms with Crippen LogP contribution >= 0.6 is 0 Å². The minimum atomic E-state index is 0.551. The molecule has 0 amide bonds. The van der Waals surface area contributed by atoms with Gasteiger partial charge in [0.25, 0.3) is 0 Å². The van der Waals surface area contributed by atoms with Crippen molar-refractivity contribution >= 4 is 5.69 Å². The smallest absolute Gasteiger partial charge is 0.0426 e. The number of anilines is 1. The largest absolute Gasteiger partial charge is 0.370 e. The van der Waals surface area contributed by atoms with E-state index in [9.17, 15) is 0 Å². The molecule has 0 radical (unpaired) electrons. The molecule has 1 fully saturated rings. The van der Waals surface area contributed by atoms with Crippen LogP contribution in [0.3, 0.4) is 0 Å². The van der Waals surface area contributed by atoms with Crippen LogP contribution < -0.4 is 10.2 Å². The first-order valence-corrected chi connectivity index (χ1v) is 16.9. The number of hydrogen-bond acceptors (Lipinski definition) is 4. The van der Waals surface area contributed by atoms with E-state index in [2.05, 4.69) is 132 Å². The molecule has 0 bridgehead atoms. The van der Waals surface area contributed by atoms with E-state index in [1.807, 2.05) is 12.4 Å². The maximum absolute atomic E-state index is 4.16. The van der Waals surface area contributed by atoms with Crippen LogP contribution in [0.25, 0.3) is 0 Å². The van der Waals surface area contributed by atoms with Crippen LogP contribution in [0.4, 0.5) is 5.69 Å². The van der Waals surface area contributed by atoms with Gasteiger partial charge in [0.2, 0.25) is 0 Å². The highest BCUT2D eigenvalue weighted by atomic mass is 15.2. The molecule has 1 aliphatic rings. The molecule has 3 aromatic carbocycles. The molecule has 1 saturated heterocycles. The van der Waals surface area contributed by atoms with Gasteiger partial charge in [-0.2, -0.15) is 0 Å². The number of rotatable bonds is 15. The topological polar surface area (TPSA) is 31.4 Å². The van der Waals surface area contributed by atoms with Crippen molar-refractivity contribution in [2.45, 2.75) is 76.8 Å². The number of benzene rings is 3. The summed E-state index contributed by atoms with van der Waals surface area (Å²) >= 11 is 0. The van der Waals surface area contributed by atoms with E-state index in [4.69, 9.17) is 0 Å². The Morgan fingerprint density at radius 1 is 0.705 bits per heavy atom. The SMILES string of the molecule is CCC(CCC(CCC(C)c1ccc(CN2CCNCC2)cc1)c1ccc(CN(C)c2ccncc2)cc1)c1ccccc1. The Kier molecular flexibility index (Phi) is 12.0. The Hall–Kier alpha value is -3.47. The van der Waals surface area contributed by atoms with Crippen molar-refractivity contribution in [2.24, 2.45) is 0 Å². The van der Waals surface area contributed by atoms with Gasteiger partial charge in [-0.1, -0.05) is 92.7 Å². The molecule has 0 aliphatic carbocycles. The van der Waals surface area contributed by atoms with E-state index in [0.29, 0.717) is 17.8 Å². The standard InChI is InChI=1S/C40H52N4/c1-4-35(37-8-6-5-7-9-37)20-21-38(39-18-13-33(14-19-39)30-43(3)40-22-24-41-25-23-40)15-10-32(2)36-16-11-34(12-17-36)31-44-28-26-42-27-29-44/h5-9,11-14,16-19,22-25,32,35,38,42H,4,10,15,20-21,26-31H2,1-3H3. The lowest BCUT2D eigenvalue weighted by Crippen LogP contribution is -2.42. The maximum atomic E-state index is 4.16. The van der Waals surface area contributed by atoms with Gasteiger partial charge in [0.1, 0.15) is 0 Å². The molecule has 3 unspecified atom stereocenters. The first kappa shape index (κ1) is 31.9.